The van der Waals surface area contributed by atoms with Crippen LogP contribution < -0.4 is 4.72 Å². The monoisotopic (exact) mass is 360 g/mol. The molecule has 1 heterocycles. The van der Waals surface area contributed by atoms with E-state index in [9.17, 15) is 21.6 Å². The highest BCUT2D eigenvalue weighted by atomic mass is 32.2. The van der Waals surface area contributed by atoms with E-state index in [1.807, 2.05) is 0 Å². The van der Waals surface area contributed by atoms with Gasteiger partial charge in [-0.1, -0.05) is 18.2 Å². The summed E-state index contributed by atoms with van der Waals surface area (Å²) < 4.78 is 49.7. The zero-order chi connectivity index (χ0) is 17.1. The standard InChI is InChI=1S/C14H20N2O5S2/c1-12(17)16(13-7-10-22(18,19)11-13)9-8-15-23(20,21)14-5-3-2-4-6-14/h2-6,13,15H,7-11H2,1H3. The lowest BCUT2D eigenvalue weighted by atomic mass is 10.2. The summed E-state index contributed by atoms with van der Waals surface area (Å²) in [6, 6.07) is 7.55. The molecule has 0 bridgehead atoms. The van der Waals surface area contributed by atoms with Crippen molar-refractivity contribution in [1.29, 1.82) is 0 Å². The maximum Gasteiger partial charge on any atom is 0.240 e. The third kappa shape index (κ3) is 4.76. The van der Waals surface area contributed by atoms with Gasteiger partial charge in [-0.15, -0.1) is 0 Å². The first kappa shape index (κ1) is 17.9. The average Bonchev–Trinajstić information content (AvgIpc) is 2.84. The first-order valence-electron chi connectivity index (χ1n) is 7.24. The fourth-order valence-electron chi connectivity index (χ4n) is 2.60. The van der Waals surface area contributed by atoms with E-state index in [4.69, 9.17) is 0 Å². The minimum atomic E-state index is -3.63. The van der Waals surface area contributed by atoms with Crippen molar-refractivity contribution >= 4 is 25.8 Å². The molecule has 23 heavy (non-hydrogen) atoms. The number of amides is 1. The predicted molar refractivity (Wildman–Crippen MR) is 86.1 cm³/mol. The fraction of sp³-hybridized carbons (Fsp3) is 0.500. The molecule has 7 nitrogen and oxygen atoms in total. The molecule has 0 radical (unpaired) electrons. The molecule has 1 aliphatic heterocycles. The lowest BCUT2D eigenvalue weighted by Crippen LogP contribution is -2.44. The van der Waals surface area contributed by atoms with E-state index >= 15 is 0 Å². The molecule has 0 aliphatic carbocycles. The summed E-state index contributed by atoms with van der Waals surface area (Å²) in [5.41, 5.74) is 0. The SMILES string of the molecule is CC(=O)N(CCNS(=O)(=O)c1ccccc1)C1CCS(=O)(=O)C1. The fourth-order valence-corrected chi connectivity index (χ4v) is 5.37. The Labute approximate surface area is 136 Å². The summed E-state index contributed by atoms with van der Waals surface area (Å²) in [7, 11) is -6.74. The van der Waals surface area contributed by atoms with Crippen molar-refractivity contribution in [2.24, 2.45) is 0 Å². The Hall–Kier alpha value is -1.45. The number of benzene rings is 1. The lowest BCUT2D eigenvalue weighted by molar-refractivity contribution is -0.130. The van der Waals surface area contributed by atoms with Crippen LogP contribution in [-0.2, 0) is 24.7 Å². The van der Waals surface area contributed by atoms with Gasteiger partial charge >= 0.3 is 0 Å². The van der Waals surface area contributed by atoms with Crippen molar-refractivity contribution in [2.75, 3.05) is 24.6 Å². The van der Waals surface area contributed by atoms with E-state index in [0.717, 1.165) is 0 Å². The number of sulfonamides is 1. The Morgan fingerprint density at radius 2 is 1.96 bits per heavy atom. The molecule has 1 aromatic rings. The van der Waals surface area contributed by atoms with Gasteiger partial charge in [-0.2, -0.15) is 0 Å². The highest BCUT2D eigenvalue weighted by Crippen LogP contribution is 2.17. The Kier molecular flexibility index (Phi) is 5.43. The van der Waals surface area contributed by atoms with Crippen LogP contribution in [0.4, 0.5) is 0 Å². The highest BCUT2D eigenvalue weighted by molar-refractivity contribution is 7.91. The summed E-state index contributed by atoms with van der Waals surface area (Å²) in [6.07, 6.45) is 0.396. The minimum Gasteiger partial charge on any atom is -0.338 e. The second-order valence-corrected chi connectivity index (χ2v) is 9.48. The Balaban J connectivity index is 1.97. The Morgan fingerprint density at radius 3 is 2.48 bits per heavy atom. The van der Waals surface area contributed by atoms with Gasteiger partial charge in [-0.25, -0.2) is 21.6 Å². The van der Waals surface area contributed by atoms with Crippen LogP contribution in [0.25, 0.3) is 0 Å². The predicted octanol–water partition coefficient (Wildman–Crippen LogP) is 0.000500. The van der Waals surface area contributed by atoms with Crippen molar-refractivity contribution in [1.82, 2.24) is 9.62 Å². The number of carbonyl (C=O) groups is 1. The lowest BCUT2D eigenvalue weighted by Gasteiger charge is -2.27. The second-order valence-electron chi connectivity index (χ2n) is 5.48. The molecule has 1 saturated heterocycles. The molecule has 1 unspecified atom stereocenters. The van der Waals surface area contributed by atoms with Crippen LogP contribution in [0, 0.1) is 0 Å². The molecule has 0 saturated carbocycles. The molecule has 128 valence electrons. The number of nitrogens with one attached hydrogen (secondary N) is 1. The highest BCUT2D eigenvalue weighted by Gasteiger charge is 2.33. The molecule has 1 fully saturated rings. The van der Waals surface area contributed by atoms with Crippen molar-refractivity contribution in [3.8, 4) is 0 Å². The summed E-state index contributed by atoms with van der Waals surface area (Å²) in [5, 5.41) is 0. The van der Waals surface area contributed by atoms with E-state index in [1.54, 1.807) is 18.2 Å². The van der Waals surface area contributed by atoms with Gasteiger partial charge in [0.15, 0.2) is 9.84 Å². The van der Waals surface area contributed by atoms with Crippen molar-refractivity contribution in [3.05, 3.63) is 30.3 Å². The quantitative estimate of drug-likeness (QED) is 0.770. The zero-order valence-electron chi connectivity index (χ0n) is 12.8. The number of carbonyl (C=O) groups excluding carboxylic acids is 1. The number of hydrogen-bond donors (Lipinski definition) is 1. The number of hydrogen-bond acceptors (Lipinski definition) is 5. The third-order valence-electron chi connectivity index (χ3n) is 3.75. The van der Waals surface area contributed by atoms with Crippen LogP contribution >= 0.6 is 0 Å². The zero-order valence-corrected chi connectivity index (χ0v) is 14.4. The Morgan fingerprint density at radius 1 is 1.30 bits per heavy atom. The molecule has 2 rings (SSSR count). The van der Waals surface area contributed by atoms with Crippen molar-refractivity contribution in [3.63, 3.8) is 0 Å². The van der Waals surface area contributed by atoms with Crippen LogP contribution in [0.3, 0.4) is 0 Å². The maximum atomic E-state index is 12.1. The first-order valence-corrected chi connectivity index (χ1v) is 10.5. The van der Waals surface area contributed by atoms with Crippen molar-refractivity contribution in [2.45, 2.75) is 24.3 Å². The van der Waals surface area contributed by atoms with Crippen LogP contribution in [-0.4, -0.2) is 58.3 Å². The minimum absolute atomic E-state index is 0.0351. The van der Waals surface area contributed by atoms with Gasteiger partial charge < -0.3 is 4.90 Å². The normalized spacial score (nSPS) is 20.3. The second kappa shape index (κ2) is 6.98. The topological polar surface area (TPSA) is 101 Å². The number of rotatable bonds is 6. The van der Waals surface area contributed by atoms with E-state index in [-0.39, 0.29) is 41.4 Å². The van der Waals surface area contributed by atoms with E-state index in [0.29, 0.717) is 6.42 Å². The van der Waals surface area contributed by atoms with Gasteiger partial charge in [0.1, 0.15) is 0 Å². The molecule has 1 amide bonds. The summed E-state index contributed by atoms with van der Waals surface area (Å²) in [5.74, 6) is -0.249. The largest absolute Gasteiger partial charge is 0.338 e. The van der Waals surface area contributed by atoms with E-state index in [2.05, 4.69) is 4.72 Å². The van der Waals surface area contributed by atoms with Gasteiger partial charge in [0.2, 0.25) is 15.9 Å². The van der Waals surface area contributed by atoms with Gasteiger partial charge in [-0.3, -0.25) is 4.79 Å². The molecule has 9 heteroatoms. The summed E-state index contributed by atoms with van der Waals surface area (Å²) >= 11 is 0. The van der Waals surface area contributed by atoms with Gasteiger partial charge in [0.25, 0.3) is 0 Å². The smallest absolute Gasteiger partial charge is 0.240 e. The van der Waals surface area contributed by atoms with Gasteiger partial charge in [0, 0.05) is 26.1 Å². The molecule has 1 N–H and O–H groups in total. The summed E-state index contributed by atoms with van der Waals surface area (Å²) in [4.78, 5) is 13.3. The van der Waals surface area contributed by atoms with Gasteiger partial charge in [0.05, 0.1) is 16.4 Å². The van der Waals surface area contributed by atoms with Crippen LogP contribution in [0.2, 0.25) is 0 Å². The van der Waals surface area contributed by atoms with E-state index < -0.39 is 19.9 Å². The van der Waals surface area contributed by atoms with Crippen LogP contribution in [0.1, 0.15) is 13.3 Å². The molecule has 0 spiro atoms. The summed E-state index contributed by atoms with van der Waals surface area (Å²) in [6.45, 7) is 1.53. The molecule has 1 atom stereocenters. The molecular formula is C14H20N2O5S2. The molecular weight excluding hydrogens is 340 g/mol. The molecule has 1 aliphatic rings. The maximum absolute atomic E-state index is 12.1. The Bertz CT molecular complexity index is 760. The average molecular weight is 360 g/mol. The van der Waals surface area contributed by atoms with Crippen molar-refractivity contribution < 1.29 is 21.6 Å². The number of nitrogens with zero attached hydrogens (tertiary/aromatic N) is 1. The van der Waals surface area contributed by atoms with Crippen LogP contribution in [0.5, 0.6) is 0 Å². The van der Waals surface area contributed by atoms with E-state index in [1.165, 1.54) is 24.0 Å². The first-order chi connectivity index (χ1) is 10.7. The van der Waals surface area contributed by atoms with Crippen LogP contribution in [0.15, 0.2) is 35.2 Å². The van der Waals surface area contributed by atoms with Gasteiger partial charge in [-0.05, 0) is 18.6 Å². The third-order valence-corrected chi connectivity index (χ3v) is 6.98. The number of sulfone groups is 1. The molecule has 0 aromatic heterocycles. The molecule has 1 aromatic carbocycles.